The summed E-state index contributed by atoms with van der Waals surface area (Å²) in [5, 5.41) is 9.30. The largest absolute Gasteiger partial charge is 0.396 e. The number of nitrogens with one attached hydrogen (secondary N) is 1. The van der Waals surface area contributed by atoms with Crippen LogP contribution in [0.25, 0.3) is 0 Å². The van der Waals surface area contributed by atoms with Gasteiger partial charge in [-0.2, -0.15) is 17.4 Å². The summed E-state index contributed by atoms with van der Waals surface area (Å²) in [7, 11) is -3.45. The Balaban J connectivity index is 1.48. The van der Waals surface area contributed by atoms with Crippen LogP contribution in [0.5, 0.6) is 0 Å². The fourth-order valence-electron chi connectivity index (χ4n) is 3.73. The third-order valence-electron chi connectivity index (χ3n) is 5.23. The molecule has 25 heavy (non-hydrogen) atoms. The number of nitrogens with zero attached hydrogens (tertiary/aromatic N) is 2. The summed E-state index contributed by atoms with van der Waals surface area (Å²) in [6.07, 6.45) is 3.40. The number of rotatable bonds is 6. The first-order valence-corrected chi connectivity index (χ1v) is 10.7. The van der Waals surface area contributed by atoms with E-state index in [1.165, 1.54) is 9.87 Å². The zero-order chi connectivity index (χ0) is 17.7. The lowest BCUT2D eigenvalue weighted by Gasteiger charge is -2.35. The molecule has 2 aliphatic rings. The summed E-state index contributed by atoms with van der Waals surface area (Å²) < 4.78 is 29.6. The zero-order valence-electron chi connectivity index (χ0n) is 14.7. The van der Waals surface area contributed by atoms with E-state index >= 15 is 0 Å². The molecule has 0 saturated carbocycles. The van der Waals surface area contributed by atoms with Crippen molar-refractivity contribution < 1.29 is 13.5 Å². The second-order valence-electron chi connectivity index (χ2n) is 7.21. The van der Waals surface area contributed by atoms with Crippen molar-refractivity contribution in [2.24, 2.45) is 5.92 Å². The highest BCUT2D eigenvalue weighted by Gasteiger charge is 2.31. The van der Waals surface area contributed by atoms with Gasteiger partial charge in [-0.1, -0.05) is 30.3 Å². The second kappa shape index (κ2) is 8.60. The number of piperidine rings is 2. The van der Waals surface area contributed by atoms with Crippen molar-refractivity contribution in [3.05, 3.63) is 35.9 Å². The predicted molar refractivity (Wildman–Crippen MR) is 98.2 cm³/mol. The average molecular weight is 368 g/mol. The molecular weight excluding hydrogens is 338 g/mol. The molecule has 140 valence electrons. The van der Waals surface area contributed by atoms with E-state index < -0.39 is 10.2 Å². The maximum absolute atomic E-state index is 12.6. The van der Waals surface area contributed by atoms with Crippen molar-refractivity contribution in [1.82, 2.24) is 13.9 Å². The van der Waals surface area contributed by atoms with E-state index in [0.717, 1.165) is 45.3 Å². The summed E-state index contributed by atoms with van der Waals surface area (Å²) in [4.78, 5) is 2.38. The van der Waals surface area contributed by atoms with Gasteiger partial charge < -0.3 is 5.11 Å². The molecule has 0 spiro atoms. The number of hydrogen-bond donors (Lipinski definition) is 2. The van der Waals surface area contributed by atoms with Gasteiger partial charge in [-0.25, -0.2) is 0 Å². The second-order valence-corrected chi connectivity index (χ2v) is 8.91. The van der Waals surface area contributed by atoms with E-state index in [9.17, 15) is 13.5 Å². The summed E-state index contributed by atoms with van der Waals surface area (Å²) in [5.74, 6) is 0.0676. The van der Waals surface area contributed by atoms with Gasteiger partial charge >= 0.3 is 0 Å². The summed E-state index contributed by atoms with van der Waals surface area (Å²) in [6, 6.07) is 10.4. The molecule has 0 aromatic heterocycles. The number of hydrogen-bond acceptors (Lipinski definition) is 4. The number of benzene rings is 1. The fraction of sp³-hybridized carbons (Fsp3) is 0.667. The normalized spacial score (nSPS) is 24.4. The van der Waals surface area contributed by atoms with Crippen LogP contribution >= 0.6 is 0 Å². The van der Waals surface area contributed by atoms with Gasteiger partial charge in [0.1, 0.15) is 0 Å². The third kappa shape index (κ3) is 5.24. The van der Waals surface area contributed by atoms with Crippen LogP contribution in [0.3, 0.4) is 0 Å². The predicted octanol–water partition coefficient (Wildman–Crippen LogP) is 1.19. The molecule has 7 heteroatoms. The molecular formula is C18H29N3O3S. The van der Waals surface area contributed by atoms with Crippen molar-refractivity contribution in [1.29, 1.82) is 0 Å². The topological polar surface area (TPSA) is 72.9 Å². The lowest BCUT2D eigenvalue weighted by Crippen LogP contribution is -2.51. The summed E-state index contributed by atoms with van der Waals surface area (Å²) in [5.41, 5.74) is 1.30. The van der Waals surface area contributed by atoms with Crippen LogP contribution < -0.4 is 4.72 Å². The van der Waals surface area contributed by atoms with Gasteiger partial charge in [0.05, 0.1) is 0 Å². The third-order valence-corrected chi connectivity index (χ3v) is 6.87. The molecule has 2 N–H and O–H groups in total. The Labute approximate surface area is 151 Å². The molecule has 2 heterocycles. The molecule has 3 rings (SSSR count). The Morgan fingerprint density at radius 2 is 1.80 bits per heavy atom. The number of aliphatic hydroxyl groups is 1. The maximum atomic E-state index is 12.6. The first-order valence-electron chi connectivity index (χ1n) is 9.21. The molecule has 0 bridgehead atoms. The Morgan fingerprint density at radius 3 is 2.48 bits per heavy atom. The molecule has 1 aromatic carbocycles. The van der Waals surface area contributed by atoms with Crippen LogP contribution in [0.1, 0.15) is 31.2 Å². The molecule has 0 amide bonds. The molecule has 1 atom stereocenters. The Hall–Kier alpha value is -0.990. The van der Waals surface area contributed by atoms with E-state index in [1.54, 1.807) is 0 Å². The average Bonchev–Trinajstić information content (AvgIpc) is 2.64. The maximum Gasteiger partial charge on any atom is 0.279 e. The molecule has 1 aromatic rings. The minimum Gasteiger partial charge on any atom is -0.396 e. The molecule has 0 radical (unpaired) electrons. The van der Waals surface area contributed by atoms with Crippen molar-refractivity contribution in [2.45, 2.75) is 38.3 Å². The van der Waals surface area contributed by atoms with E-state index in [0.29, 0.717) is 13.1 Å². The van der Waals surface area contributed by atoms with Gasteiger partial charge in [0, 0.05) is 45.4 Å². The minimum absolute atomic E-state index is 0.00604. The minimum atomic E-state index is -3.45. The lowest BCUT2D eigenvalue weighted by molar-refractivity contribution is 0.162. The highest BCUT2D eigenvalue weighted by Crippen LogP contribution is 2.20. The SMILES string of the molecule is O=S(=O)(NC1CCN(Cc2ccccc2)CC1)N1CCCC(CO)C1. The van der Waals surface area contributed by atoms with Gasteiger partial charge in [0.25, 0.3) is 10.2 Å². The summed E-state index contributed by atoms with van der Waals surface area (Å²) in [6.45, 7) is 3.77. The van der Waals surface area contributed by atoms with E-state index in [4.69, 9.17) is 0 Å². The monoisotopic (exact) mass is 367 g/mol. The van der Waals surface area contributed by atoms with Crippen LogP contribution in [0.2, 0.25) is 0 Å². The Kier molecular flexibility index (Phi) is 6.46. The van der Waals surface area contributed by atoms with Gasteiger partial charge in [0.2, 0.25) is 0 Å². The van der Waals surface area contributed by atoms with E-state index in [1.807, 2.05) is 6.07 Å². The quantitative estimate of drug-likeness (QED) is 0.792. The molecule has 6 nitrogen and oxygen atoms in total. The summed E-state index contributed by atoms with van der Waals surface area (Å²) >= 11 is 0. The van der Waals surface area contributed by atoms with Crippen molar-refractivity contribution >= 4 is 10.2 Å². The van der Waals surface area contributed by atoms with Gasteiger partial charge in [-0.05, 0) is 37.2 Å². The molecule has 2 saturated heterocycles. The van der Waals surface area contributed by atoms with Crippen LogP contribution in [0.4, 0.5) is 0 Å². The Morgan fingerprint density at radius 1 is 1.08 bits per heavy atom. The van der Waals surface area contributed by atoms with Crippen molar-refractivity contribution in [3.63, 3.8) is 0 Å². The van der Waals surface area contributed by atoms with Crippen LogP contribution in [-0.2, 0) is 16.8 Å². The molecule has 2 fully saturated rings. The number of aliphatic hydroxyl groups excluding tert-OH is 1. The zero-order valence-corrected chi connectivity index (χ0v) is 15.5. The molecule has 2 aliphatic heterocycles. The van der Waals surface area contributed by atoms with Gasteiger partial charge in [0.15, 0.2) is 0 Å². The fourth-order valence-corrected chi connectivity index (χ4v) is 5.31. The highest BCUT2D eigenvalue weighted by molar-refractivity contribution is 7.87. The van der Waals surface area contributed by atoms with Crippen molar-refractivity contribution in [3.8, 4) is 0 Å². The molecule has 0 aliphatic carbocycles. The van der Waals surface area contributed by atoms with Crippen LogP contribution in [0.15, 0.2) is 30.3 Å². The van der Waals surface area contributed by atoms with Crippen LogP contribution in [-0.4, -0.2) is 61.6 Å². The van der Waals surface area contributed by atoms with Gasteiger partial charge in [-0.15, -0.1) is 0 Å². The Bertz CT molecular complexity index is 630. The van der Waals surface area contributed by atoms with Crippen molar-refractivity contribution in [2.75, 3.05) is 32.8 Å². The number of likely N-dealkylation sites (tertiary alicyclic amines) is 1. The standard InChI is InChI=1S/C18H29N3O3S/c22-15-17-7-4-10-21(14-17)25(23,24)19-18-8-11-20(12-9-18)13-16-5-2-1-3-6-16/h1-3,5-6,17-19,22H,4,7-15H2. The lowest BCUT2D eigenvalue weighted by atomic mass is 10.0. The smallest absolute Gasteiger partial charge is 0.279 e. The molecule has 1 unspecified atom stereocenters. The van der Waals surface area contributed by atoms with E-state index in [2.05, 4.69) is 33.9 Å². The van der Waals surface area contributed by atoms with E-state index in [-0.39, 0.29) is 18.6 Å². The highest BCUT2D eigenvalue weighted by atomic mass is 32.2. The first kappa shape index (κ1) is 18.8. The first-order chi connectivity index (χ1) is 12.1. The van der Waals surface area contributed by atoms with Crippen LogP contribution in [0, 0.1) is 5.92 Å². The van der Waals surface area contributed by atoms with Gasteiger partial charge in [-0.3, -0.25) is 4.90 Å².